The van der Waals surface area contributed by atoms with E-state index in [4.69, 9.17) is 9.26 Å². The van der Waals surface area contributed by atoms with Gasteiger partial charge in [0.2, 0.25) is 11.8 Å². The summed E-state index contributed by atoms with van der Waals surface area (Å²) < 4.78 is 10.4. The Morgan fingerprint density at radius 3 is 2.90 bits per heavy atom. The van der Waals surface area contributed by atoms with Crippen molar-refractivity contribution < 1.29 is 14.1 Å². The van der Waals surface area contributed by atoms with E-state index in [1.807, 2.05) is 0 Å². The average molecular weight is 293 g/mol. The molecule has 0 N–H and O–H groups in total. The van der Waals surface area contributed by atoms with E-state index < -0.39 is 0 Å². The van der Waals surface area contributed by atoms with E-state index in [1.54, 1.807) is 7.11 Å². The van der Waals surface area contributed by atoms with Crippen molar-refractivity contribution >= 4 is 5.91 Å². The maximum absolute atomic E-state index is 12.1. The number of piperidine rings is 1. The minimum absolute atomic E-state index is 0.187. The topological polar surface area (TPSA) is 68.5 Å². The number of amides is 1. The monoisotopic (exact) mass is 293 g/mol. The van der Waals surface area contributed by atoms with Crippen LogP contribution in [0.15, 0.2) is 4.52 Å². The van der Waals surface area contributed by atoms with Crippen molar-refractivity contribution in [2.45, 2.75) is 56.9 Å². The van der Waals surface area contributed by atoms with Crippen LogP contribution < -0.4 is 0 Å². The van der Waals surface area contributed by atoms with Crippen molar-refractivity contribution in [3.05, 3.63) is 11.7 Å². The van der Waals surface area contributed by atoms with Crippen LogP contribution >= 0.6 is 0 Å². The van der Waals surface area contributed by atoms with E-state index in [0.717, 1.165) is 25.8 Å². The van der Waals surface area contributed by atoms with E-state index in [9.17, 15) is 4.79 Å². The molecule has 1 aromatic heterocycles. The molecule has 1 aliphatic heterocycles. The molecule has 2 aliphatic rings. The second kappa shape index (κ2) is 6.56. The molecule has 116 valence electrons. The van der Waals surface area contributed by atoms with Crippen molar-refractivity contribution in [1.82, 2.24) is 15.0 Å². The third kappa shape index (κ3) is 3.26. The van der Waals surface area contributed by atoms with Gasteiger partial charge in [-0.1, -0.05) is 18.0 Å². The summed E-state index contributed by atoms with van der Waals surface area (Å²) in [5, 5.41) is 4.00. The first kappa shape index (κ1) is 14.5. The molecule has 0 bridgehead atoms. The molecule has 2 fully saturated rings. The summed E-state index contributed by atoms with van der Waals surface area (Å²) in [6.45, 7) is 1.33. The molecule has 0 spiro atoms. The van der Waals surface area contributed by atoms with Crippen molar-refractivity contribution in [3.63, 3.8) is 0 Å². The Morgan fingerprint density at radius 1 is 1.33 bits per heavy atom. The molecule has 1 saturated carbocycles. The fraction of sp³-hybridized carbons (Fsp3) is 0.800. The molecule has 1 atom stereocenters. The standard InChI is InChI=1S/C15H23N3O3/c1-20-9-8-13-16-15(21-17-13)11-6-7-14(19)18(10-11)12-4-2-3-5-12/h11-12H,2-10H2,1H3. The average Bonchev–Trinajstić information content (AvgIpc) is 3.17. The third-order valence-corrected chi connectivity index (χ3v) is 4.57. The number of hydrogen-bond donors (Lipinski definition) is 0. The maximum atomic E-state index is 12.1. The largest absolute Gasteiger partial charge is 0.384 e. The van der Waals surface area contributed by atoms with Crippen molar-refractivity contribution in [2.24, 2.45) is 0 Å². The van der Waals surface area contributed by atoms with Gasteiger partial charge in [0, 0.05) is 32.5 Å². The zero-order chi connectivity index (χ0) is 14.7. The normalized spacial score (nSPS) is 24.0. The van der Waals surface area contributed by atoms with Gasteiger partial charge in [0.1, 0.15) is 0 Å². The quantitative estimate of drug-likeness (QED) is 0.829. The zero-order valence-electron chi connectivity index (χ0n) is 12.6. The fourth-order valence-corrected chi connectivity index (χ4v) is 3.37. The summed E-state index contributed by atoms with van der Waals surface area (Å²) in [7, 11) is 1.66. The van der Waals surface area contributed by atoms with E-state index in [2.05, 4.69) is 15.0 Å². The molecular formula is C15H23N3O3. The zero-order valence-corrected chi connectivity index (χ0v) is 12.6. The lowest BCUT2D eigenvalue weighted by atomic mass is 9.95. The molecule has 21 heavy (non-hydrogen) atoms. The van der Waals surface area contributed by atoms with Crippen LogP contribution in [-0.4, -0.2) is 47.3 Å². The minimum Gasteiger partial charge on any atom is -0.384 e. The van der Waals surface area contributed by atoms with Crippen molar-refractivity contribution in [1.29, 1.82) is 0 Å². The highest BCUT2D eigenvalue weighted by molar-refractivity contribution is 5.77. The summed E-state index contributed by atoms with van der Waals surface area (Å²) in [6.07, 6.45) is 6.83. The van der Waals surface area contributed by atoms with Crippen LogP contribution in [0.1, 0.15) is 56.2 Å². The molecule has 6 nitrogen and oxygen atoms in total. The lowest BCUT2D eigenvalue weighted by molar-refractivity contribution is -0.136. The Balaban J connectivity index is 1.65. The molecule has 1 unspecified atom stereocenters. The summed E-state index contributed by atoms with van der Waals surface area (Å²) in [5.74, 6) is 1.84. The minimum atomic E-state index is 0.187. The van der Waals surface area contributed by atoms with Gasteiger partial charge in [-0.2, -0.15) is 4.98 Å². The summed E-state index contributed by atoms with van der Waals surface area (Å²) in [4.78, 5) is 18.7. The number of rotatable bonds is 5. The predicted molar refractivity (Wildman–Crippen MR) is 75.8 cm³/mol. The van der Waals surface area contributed by atoms with Crippen LogP contribution in [0.3, 0.4) is 0 Å². The number of carbonyl (C=O) groups is 1. The van der Waals surface area contributed by atoms with E-state index in [1.165, 1.54) is 12.8 Å². The fourth-order valence-electron chi connectivity index (χ4n) is 3.37. The number of hydrogen-bond acceptors (Lipinski definition) is 5. The number of ether oxygens (including phenoxy) is 1. The Morgan fingerprint density at radius 2 is 2.14 bits per heavy atom. The van der Waals surface area contributed by atoms with E-state index >= 15 is 0 Å². The number of likely N-dealkylation sites (tertiary alicyclic amines) is 1. The molecule has 2 heterocycles. The van der Waals surface area contributed by atoms with Gasteiger partial charge < -0.3 is 14.2 Å². The van der Waals surface area contributed by atoms with Crippen LogP contribution in [0.25, 0.3) is 0 Å². The second-order valence-corrected chi connectivity index (χ2v) is 6.01. The van der Waals surface area contributed by atoms with Crippen LogP contribution in [-0.2, 0) is 16.0 Å². The molecule has 1 amide bonds. The van der Waals surface area contributed by atoms with Crippen molar-refractivity contribution in [2.75, 3.05) is 20.3 Å². The van der Waals surface area contributed by atoms with Crippen LogP contribution in [0.2, 0.25) is 0 Å². The van der Waals surface area contributed by atoms with Crippen molar-refractivity contribution in [3.8, 4) is 0 Å². The highest BCUT2D eigenvalue weighted by Crippen LogP contribution is 2.32. The van der Waals surface area contributed by atoms with Gasteiger partial charge in [0.15, 0.2) is 5.82 Å². The molecule has 1 saturated heterocycles. The lowest BCUT2D eigenvalue weighted by Crippen LogP contribution is -2.44. The Hall–Kier alpha value is -1.43. The maximum Gasteiger partial charge on any atom is 0.231 e. The van der Waals surface area contributed by atoms with Gasteiger partial charge in [-0.25, -0.2) is 0 Å². The number of methoxy groups -OCH3 is 1. The van der Waals surface area contributed by atoms with Gasteiger partial charge in [-0.15, -0.1) is 0 Å². The smallest absolute Gasteiger partial charge is 0.231 e. The first-order valence-corrected chi connectivity index (χ1v) is 7.89. The first-order valence-electron chi connectivity index (χ1n) is 7.89. The van der Waals surface area contributed by atoms with Crippen LogP contribution in [0, 0.1) is 0 Å². The van der Waals surface area contributed by atoms with E-state index in [-0.39, 0.29) is 11.8 Å². The molecule has 0 radical (unpaired) electrons. The van der Waals surface area contributed by atoms with Gasteiger partial charge >= 0.3 is 0 Å². The summed E-state index contributed by atoms with van der Waals surface area (Å²) in [6, 6.07) is 0.427. The number of carbonyl (C=O) groups excluding carboxylic acids is 1. The first-order chi connectivity index (χ1) is 10.3. The number of nitrogens with zero attached hydrogens (tertiary/aromatic N) is 3. The molecule has 6 heteroatoms. The highest BCUT2D eigenvalue weighted by Gasteiger charge is 2.35. The number of aromatic nitrogens is 2. The Labute approximate surface area is 124 Å². The van der Waals surface area contributed by atoms with Gasteiger partial charge in [0.05, 0.1) is 12.5 Å². The SMILES string of the molecule is COCCc1noc(C2CCC(=O)N(C3CCCC3)C2)n1. The second-order valence-electron chi connectivity index (χ2n) is 6.01. The molecular weight excluding hydrogens is 270 g/mol. The third-order valence-electron chi connectivity index (χ3n) is 4.57. The Bertz CT molecular complexity index is 482. The highest BCUT2D eigenvalue weighted by atomic mass is 16.5. The molecule has 1 aromatic rings. The van der Waals surface area contributed by atoms with Crippen LogP contribution in [0.4, 0.5) is 0 Å². The van der Waals surface area contributed by atoms with Gasteiger partial charge in [-0.05, 0) is 19.3 Å². The van der Waals surface area contributed by atoms with Gasteiger partial charge in [0.25, 0.3) is 0 Å². The van der Waals surface area contributed by atoms with Crippen LogP contribution in [0.5, 0.6) is 0 Å². The molecule has 0 aromatic carbocycles. The Kier molecular flexibility index (Phi) is 4.53. The summed E-state index contributed by atoms with van der Waals surface area (Å²) in [5.41, 5.74) is 0. The lowest BCUT2D eigenvalue weighted by Gasteiger charge is -2.35. The van der Waals surface area contributed by atoms with Gasteiger partial charge in [-0.3, -0.25) is 4.79 Å². The predicted octanol–water partition coefficient (Wildman–Crippen LogP) is 1.91. The molecule has 1 aliphatic carbocycles. The van der Waals surface area contributed by atoms with E-state index in [0.29, 0.717) is 37.2 Å². The molecule has 3 rings (SSSR count). The summed E-state index contributed by atoms with van der Waals surface area (Å²) >= 11 is 0.